The summed E-state index contributed by atoms with van der Waals surface area (Å²) in [6, 6.07) is 13.4. The van der Waals surface area contributed by atoms with Crippen LogP contribution < -0.4 is 14.4 Å². The molecule has 2 aromatic carbocycles. The zero-order valence-corrected chi connectivity index (χ0v) is 32.3. The molecule has 7 atom stereocenters. The summed E-state index contributed by atoms with van der Waals surface area (Å²) in [5, 5.41) is 0.742. The van der Waals surface area contributed by atoms with E-state index in [1.54, 1.807) is 32.5 Å². The standard InChI is InChI=1S/C41H49ClN4O6S/c1-26-6-4-8-37(51-3)34-12-9-29(34)20-46-24-41(15-5-7-27-16-31(42)11-13-35(27)41)25-52-38-14-10-28(18-36(38)46)39(47)43-53(49,23-26)44-40(48)30-17-32-19-33(50-2)22-45(32)21-30/h4,8,10-11,13-14,16-18,21,26,29,33-34,37H,5-7,9,12,15,19-20,22-25H2,1-3H3,(H,43,44,47,48,49)/b8-4+/t26-,29-,33?,34+,37-,41-,53-/m0/s1. The quantitative estimate of drug-likeness (QED) is 0.292. The fourth-order valence-electron chi connectivity index (χ4n) is 9.27. The van der Waals surface area contributed by atoms with Crippen molar-refractivity contribution in [3.05, 3.63) is 93.8 Å². The van der Waals surface area contributed by atoms with Crippen LogP contribution in [0.15, 0.2) is 65.2 Å². The predicted molar refractivity (Wildman–Crippen MR) is 206 cm³/mol. The molecule has 5 aliphatic rings. The first-order chi connectivity index (χ1) is 25.5. The van der Waals surface area contributed by atoms with Crippen molar-refractivity contribution in [2.75, 3.05) is 44.6 Å². The number of fused-ring (bicyclic) bond motifs is 5. The van der Waals surface area contributed by atoms with Gasteiger partial charge in [0.25, 0.3) is 11.8 Å². The lowest BCUT2D eigenvalue weighted by molar-refractivity contribution is 0.0131. The zero-order valence-electron chi connectivity index (χ0n) is 30.7. The van der Waals surface area contributed by atoms with Gasteiger partial charge in [-0.3, -0.25) is 14.3 Å². The highest BCUT2D eigenvalue weighted by atomic mass is 35.5. The summed E-state index contributed by atoms with van der Waals surface area (Å²) < 4.78 is 41.9. The lowest BCUT2D eigenvalue weighted by Gasteiger charge is -2.46. The Morgan fingerprint density at radius 2 is 1.98 bits per heavy atom. The number of aryl methyl sites for hydroxylation is 1. The summed E-state index contributed by atoms with van der Waals surface area (Å²) in [5.41, 5.74) is 4.78. The Hall–Kier alpha value is -3.64. The molecule has 3 aliphatic heterocycles. The number of rotatable bonds is 4. The Labute approximate surface area is 317 Å². The summed E-state index contributed by atoms with van der Waals surface area (Å²) in [5.74, 6) is 0.167. The Morgan fingerprint density at radius 3 is 2.75 bits per heavy atom. The Bertz CT molecular complexity index is 2050. The van der Waals surface area contributed by atoms with Crippen molar-refractivity contribution in [2.24, 2.45) is 22.1 Å². The Morgan fingerprint density at radius 1 is 1.11 bits per heavy atom. The van der Waals surface area contributed by atoms with Gasteiger partial charge in [-0.2, -0.15) is 0 Å². The second-order valence-electron chi connectivity index (χ2n) is 15.8. The highest BCUT2D eigenvalue weighted by Gasteiger charge is 2.44. The molecule has 1 saturated carbocycles. The summed E-state index contributed by atoms with van der Waals surface area (Å²) in [6.45, 7) is 4.62. The number of halogens is 1. The molecule has 0 saturated heterocycles. The van der Waals surface area contributed by atoms with Gasteiger partial charge < -0.3 is 23.7 Å². The van der Waals surface area contributed by atoms with Crippen LogP contribution in [0.5, 0.6) is 5.75 Å². The monoisotopic (exact) mass is 760 g/mol. The van der Waals surface area contributed by atoms with Gasteiger partial charge >= 0.3 is 0 Å². The van der Waals surface area contributed by atoms with Gasteiger partial charge in [0.2, 0.25) is 0 Å². The smallest absolute Gasteiger partial charge is 0.286 e. The molecule has 1 unspecified atom stereocenters. The molecule has 282 valence electrons. The molecule has 1 fully saturated rings. The van der Waals surface area contributed by atoms with Crippen molar-refractivity contribution < 1.29 is 28.0 Å². The normalized spacial score (nSPS) is 31.6. The van der Waals surface area contributed by atoms with E-state index in [0.29, 0.717) is 54.7 Å². The summed E-state index contributed by atoms with van der Waals surface area (Å²) in [4.78, 5) is 30.1. The van der Waals surface area contributed by atoms with E-state index in [4.69, 9.17) is 25.8 Å². The van der Waals surface area contributed by atoms with Crippen LogP contribution in [-0.2, 0) is 44.2 Å². The van der Waals surface area contributed by atoms with Crippen molar-refractivity contribution >= 4 is 39.0 Å². The summed E-state index contributed by atoms with van der Waals surface area (Å²) >= 11 is 6.47. The number of anilines is 1. The molecule has 2 aliphatic carbocycles. The Kier molecular flexibility index (Phi) is 9.97. The van der Waals surface area contributed by atoms with Gasteiger partial charge in [-0.05, 0) is 104 Å². The van der Waals surface area contributed by atoms with Crippen LogP contribution in [0.1, 0.15) is 76.6 Å². The maximum Gasteiger partial charge on any atom is 0.286 e. The highest BCUT2D eigenvalue weighted by molar-refractivity contribution is 7.92. The van der Waals surface area contributed by atoms with Crippen molar-refractivity contribution in [2.45, 2.75) is 76.0 Å². The Balaban J connectivity index is 1.17. The highest BCUT2D eigenvalue weighted by Crippen LogP contribution is 2.47. The van der Waals surface area contributed by atoms with E-state index in [1.807, 2.05) is 29.7 Å². The van der Waals surface area contributed by atoms with Crippen LogP contribution in [0.4, 0.5) is 5.69 Å². The lowest BCUT2D eigenvalue weighted by Crippen LogP contribution is -2.49. The molecule has 3 aromatic rings. The van der Waals surface area contributed by atoms with E-state index < -0.39 is 21.7 Å². The van der Waals surface area contributed by atoms with Gasteiger partial charge in [0.15, 0.2) is 0 Å². The van der Waals surface area contributed by atoms with Crippen molar-refractivity contribution in [3.8, 4) is 5.75 Å². The third-order valence-corrected chi connectivity index (χ3v) is 14.4. The molecule has 2 amide bonds. The minimum Gasteiger partial charge on any atom is -0.490 e. The molecular formula is C41H49ClN4O6S. The second-order valence-corrected chi connectivity index (χ2v) is 18.3. The number of hydrogen-bond acceptors (Lipinski definition) is 7. The predicted octanol–water partition coefficient (Wildman–Crippen LogP) is 6.78. The van der Waals surface area contributed by atoms with E-state index in [0.717, 1.165) is 61.6 Å². The first kappa shape index (κ1) is 36.3. The number of benzene rings is 2. The first-order valence-corrected chi connectivity index (χ1v) is 20.9. The van der Waals surface area contributed by atoms with E-state index in [9.17, 15) is 13.8 Å². The number of amides is 2. The number of hydrogen-bond donors (Lipinski definition) is 1. The van der Waals surface area contributed by atoms with Crippen LogP contribution in [-0.4, -0.2) is 72.5 Å². The summed E-state index contributed by atoms with van der Waals surface area (Å²) in [7, 11) is -0.0781. The minimum atomic E-state index is -3.53. The van der Waals surface area contributed by atoms with Crippen molar-refractivity contribution in [1.29, 1.82) is 0 Å². The van der Waals surface area contributed by atoms with Crippen LogP contribution in [0.25, 0.3) is 0 Å². The van der Waals surface area contributed by atoms with Gasteiger partial charge in [-0.15, -0.1) is 4.36 Å². The molecule has 12 heteroatoms. The number of nitrogens with one attached hydrogen (secondary N) is 1. The number of carbonyl (C=O) groups is 2. The van der Waals surface area contributed by atoms with Gasteiger partial charge in [-0.1, -0.05) is 36.7 Å². The van der Waals surface area contributed by atoms with Crippen molar-refractivity contribution in [3.63, 3.8) is 0 Å². The SMILES string of the molecule is COC1Cc2cc(C(=O)N[S@@]3(=O)=NC(=O)c4ccc5c(c4)N(C[C@@H]4CC[C@H]4[C@@H](OC)/C=C/C[C@H](C)C3)C[C@@]3(CCCc4cc(Cl)ccc43)CO5)cn2C1. The lowest BCUT2D eigenvalue weighted by atomic mass is 9.68. The molecule has 53 heavy (non-hydrogen) atoms. The number of ether oxygens (including phenoxy) is 3. The fourth-order valence-corrected chi connectivity index (χ4v) is 11.4. The molecule has 1 aromatic heterocycles. The third kappa shape index (κ3) is 7.17. The molecule has 0 radical (unpaired) electrons. The molecule has 10 nitrogen and oxygen atoms in total. The molecule has 8 rings (SSSR count). The largest absolute Gasteiger partial charge is 0.490 e. The first-order valence-electron chi connectivity index (χ1n) is 18.9. The number of nitrogens with zero attached hydrogens (tertiary/aromatic N) is 3. The van der Waals surface area contributed by atoms with E-state index in [1.165, 1.54) is 11.1 Å². The average Bonchev–Trinajstić information content (AvgIpc) is 3.66. The van der Waals surface area contributed by atoms with Crippen LogP contribution in [0.2, 0.25) is 5.02 Å². The fraction of sp³-hybridized carbons (Fsp3) is 0.512. The number of methoxy groups -OCH3 is 2. The average molecular weight is 761 g/mol. The molecule has 1 spiro atoms. The van der Waals surface area contributed by atoms with Crippen LogP contribution in [0.3, 0.4) is 0 Å². The molecule has 4 heterocycles. The third-order valence-electron chi connectivity index (χ3n) is 12.2. The van der Waals surface area contributed by atoms with E-state index in [2.05, 4.69) is 38.3 Å². The maximum atomic E-state index is 14.7. The number of allylic oxidation sites excluding steroid dienone is 1. The van der Waals surface area contributed by atoms with E-state index in [-0.39, 0.29) is 29.3 Å². The van der Waals surface area contributed by atoms with Gasteiger partial charge in [-0.25, -0.2) is 4.21 Å². The number of aromatic nitrogens is 1. The van der Waals surface area contributed by atoms with Crippen LogP contribution >= 0.6 is 11.6 Å². The van der Waals surface area contributed by atoms with Crippen molar-refractivity contribution in [1.82, 2.24) is 9.29 Å². The van der Waals surface area contributed by atoms with Crippen LogP contribution in [0, 0.1) is 17.8 Å². The van der Waals surface area contributed by atoms with Gasteiger partial charge in [0.05, 0.1) is 35.8 Å². The van der Waals surface area contributed by atoms with Gasteiger partial charge in [0, 0.05) is 68.2 Å². The molecule has 1 N–H and O–H groups in total. The second kappa shape index (κ2) is 14.5. The number of carbonyl (C=O) groups excluding carboxylic acids is 2. The molecular weight excluding hydrogens is 712 g/mol. The molecule has 2 bridgehead atoms. The zero-order chi connectivity index (χ0) is 36.9. The maximum absolute atomic E-state index is 14.7. The minimum absolute atomic E-state index is 0.0178. The van der Waals surface area contributed by atoms with E-state index >= 15 is 0 Å². The van der Waals surface area contributed by atoms with Gasteiger partial charge in [0.1, 0.15) is 15.7 Å². The topological polar surface area (TPSA) is 111 Å². The summed E-state index contributed by atoms with van der Waals surface area (Å²) in [6.07, 6.45) is 12.4.